The molecule has 2 aromatic carbocycles. The molecule has 0 amide bonds. The summed E-state index contributed by atoms with van der Waals surface area (Å²) in [7, 11) is -3.41. The largest absolute Gasteiger partial charge is 0.389 e. The van der Waals surface area contributed by atoms with Crippen molar-refractivity contribution in [3.63, 3.8) is 0 Å². The Morgan fingerprint density at radius 3 is 2.22 bits per heavy atom. The fourth-order valence-electron chi connectivity index (χ4n) is 3.24. The first-order valence-electron chi connectivity index (χ1n) is 9.37. The molecule has 6 heteroatoms. The number of hydrogen-bond donors (Lipinski definition) is 1. The van der Waals surface area contributed by atoms with Gasteiger partial charge in [0.25, 0.3) is 0 Å². The summed E-state index contributed by atoms with van der Waals surface area (Å²) in [5.74, 6) is 0.266. The van der Waals surface area contributed by atoms with Gasteiger partial charge in [0.15, 0.2) is 0 Å². The number of aliphatic hydroxyl groups excluding tert-OH is 1. The van der Waals surface area contributed by atoms with Gasteiger partial charge >= 0.3 is 0 Å². The third-order valence-corrected chi connectivity index (χ3v) is 6.44. The van der Waals surface area contributed by atoms with Crippen molar-refractivity contribution >= 4 is 15.7 Å². The molecule has 0 saturated carbocycles. The van der Waals surface area contributed by atoms with Crippen LogP contribution in [0.15, 0.2) is 54.6 Å². The van der Waals surface area contributed by atoms with Crippen LogP contribution in [0.2, 0.25) is 0 Å². The topological polar surface area (TPSA) is 60.9 Å². The van der Waals surface area contributed by atoms with Gasteiger partial charge in [0.1, 0.15) is 0 Å². The van der Waals surface area contributed by atoms with Crippen molar-refractivity contribution in [1.29, 1.82) is 0 Å². The molecule has 0 unspecified atom stereocenters. The SMILES string of the molecule is CC(C)CN(Cc1ccc(N2CC(O)C2)cc1)S(=O)(=O)Cc1ccccc1. The summed E-state index contributed by atoms with van der Waals surface area (Å²) < 4.78 is 27.6. The van der Waals surface area contributed by atoms with E-state index in [-0.39, 0.29) is 17.8 Å². The second-order valence-electron chi connectivity index (χ2n) is 7.65. The van der Waals surface area contributed by atoms with Crippen molar-refractivity contribution in [2.45, 2.75) is 32.2 Å². The Hall–Kier alpha value is -1.89. The molecule has 0 radical (unpaired) electrons. The summed E-state index contributed by atoms with van der Waals surface area (Å²) in [5.41, 5.74) is 2.83. The van der Waals surface area contributed by atoms with E-state index in [4.69, 9.17) is 0 Å². The Morgan fingerprint density at radius 1 is 1.04 bits per heavy atom. The molecule has 1 heterocycles. The van der Waals surface area contributed by atoms with Crippen molar-refractivity contribution in [3.05, 3.63) is 65.7 Å². The van der Waals surface area contributed by atoms with E-state index in [0.29, 0.717) is 26.2 Å². The number of rotatable bonds is 8. The van der Waals surface area contributed by atoms with Crippen LogP contribution in [0.5, 0.6) is 0 Å². The molecule has 3 rings (SSSR count). The Bertz CT molecular complexity index is 829. The molecule has 0 spiro atoms. The fourth-order valence-corrected chi connectivity index (χ4v) is 4.91. The predicted molar refractivity (Wildman–Crippen MR) is 109 cm³/mol. The summed E-state index contributed by atoms with van der Waals surface area (Å²) in [5, 5.41) is 9.43. The minimum Gasteiger partial charge on any atom is -0.389 e. The second kappa shape index (κ2) is 8.42. The van der Waals surface area contributed by atoms with E-state index in [1.807, 2.05) is 68.4 Å². The summed E-state index contributed by atoms with van der Waals surface area (Å²) >= 11 is 0. The summed E-state index contributed by atoms with van der Waals surface area (Å²) in [6.45, 7) is 6.24. The zero-order chi connectivity index (χ0) is 19.4. The maximum absolute atomic E-state index is 13.0. The van der Waals surface area contributed by atoms with Crippen LogP contribution in [-0.4, -0.2) is 43.6 Å². The molecule has 1 aliphatic rings. The molecular weight excluding hydrogens is 360 g/mol. The highest BCUT2D eigenvalue weighted by molar-refractivity contribution is 7.88. The van der Waals surface area contributed by atoms with E-state index >= 15 is 0 Å². The zero-order valence-electron chi connectivity index (χ0n) is 16.0. The quantitative estimate of drug-likeness (QED) is 0.755. The van der Waals surface area contributed by atoms with E-state index in [1.165, 1.54) is 0 Å². The molecule has 1 fully saturated rings. The molecule has 1 N–H and O–H groups in total. The van der Waals surface area contributed by atoms with Crippen molar-refractivity contribution in [1.82, 2.24) is 4.31 Å². The molecule has 0 aliphatic carbocycles. The molecule has 5 nitrogen and oxygen atoms in total. The number of sulfonamides is 1. The zero-order valence-corrected chi connectivity index (χ0v) is 16.8. The highest BCUT2D eigenvalue weighted by Crippen LogP contribution is 2.23. The van der Waals surface area contributed by atoms with E-state index in [2.05, 4.69) is 4.90 Å². The molecule has 0 atom stereocenters. The average molecular weight is 389 g/mol. The molecular formula is C21H28N2O3S. The number of anilines is 1. The van der Waals surface area contributed by atoms with Gasteiger partial charge in [-0.2, -0.15) is 4.31 Å². The highest BCUT2D eigenvalue weighted by atomic mass is 32.2. The van der Waals surface area contributed by atoms with Crippen LogP contribution < -0.4 is 4.90 Å². The lowest BCUT2D eigenvalue weighted by Crippen LogP contribution is -2.50. The number of β-amino-alcohol motifs (C(OH)–C–C–N with tert-alkyl or cyclic N) is 1. The summed E-state index contributed by atoms with van der Waals surface area (Å²) in [4.78, 5) is 2.10. The van der Waals surface area contributed by atoms with Gasteiger partial charge in [-0.15, -0.1) is 0 Å². The van der Waals surface area contributed by atoms with Gasteiger partial charge in [-0.05, 0) is 29.2 Å². The number of aliphatic hydroxyl groups is 1. The molecule has 1 saturated heterocycles. The van der Waals surface area contributed by atoms with Gasteiger partial charge in [0.05, 0.1) is 11.9 Å². The predicted octanol–water partition coefficient (Wildman–Crippen LogP) is 2.86. The first-order valence-corrected chi connectivity index (χ1v) is 11.0. The molecule has 2 aromatic rings. The standard InChI is InChI=1S/C21H28N2O3S/c1-17(2)12-23(27(25,26)16-19-6-4-3-5-7-19)13-18-8-10-20(11-9-18)22-14-21(24)15-22/h3-11,17,21,24H,12-16H2,1-2H3. The maximum atomic E-state index is 13.0. The number of hydrogen-bond acceptors (Lipinski definition) is 4. The minimum absolute atomic E-state index is 0.0182. The number of nitrogens with zero attached hydrogens (tertiary/aromatic N) is 2. The first kappa shape index (κ1) is 19.9. The third kappa shape index (κ3) is 5.31. The van der Waals surface area contributed by atoms with Crippen LogP contribution in [0, 0.1) is 5.92 Å². The van der Waals surface area contributed by atoms with Gasteiger partial charge in [0, 0.05) is 31.9 Å². The molecule has 27 heavy (non-hydrogen) atoms. The van der Waals surface area contributed by atoms with E-state index < -0.39 is 10.0 Å². The molecule has 146 valence electrons. The Morgan fingerprint density at radius 2 is 1.67 bits per heavy atom. The van der Waals surface area contributed by atoms with Crippen LogP contribution in [0.1, 0.15) is 25.0 Å². The first-order chi connectivity index (χ1) is 12.8. The van der Waals surface area contributed by atoms with Crippen molar-refractivity contribution < 1.29 is 13.5 Å². The highest BCUT2D eigenvalue weighted by Gasteiger charge is 2.25. The smallest absolute Gasteiger partial charge is 0.218 e. The normalized spacial score (nSPS) is 15.4. The van der Waals surface area contributed by atoms with Crippen molar-refractivity contribution in [2.75, 3.05) is 24.5 Å². The van der Waals surface area contributed by atoms with Gasteiger partial charge in [-0.1, -0.05) is 56.3 Å². The van der Waals surface area contributed by atoms with Gasteiger partial charge < -0.3 is 10.0 Å². The van der Waals surface area contributed by atoms with E-state index in [9.17, 15) is 13.5 Å². The van der Waals surface area contributed by atoms with E-state index in [1.54, 1.807) is 4.31 Å². The molecule has 0 aromatic heterocycles. The van der Waals surface area contributed by atoms with E-state index in [0.717, 1.165) is 16.8 Å². The lowest BCUT2D eigenvalue weighted by atomic mass is 10.1. The van der Waals surface area contributed by atoms with Crippen LogP contribution in [0.25, 0.3) is 0 Å². The van der Waals surface area contributed by atoms with Gasteiger partial charge in [-0.3, -0.25) is 0 Å². The lowest BCUT2D eigenvalue weighted by molar-refractivity contribution is 0.142. The summed E-state index contributed by atoms with van der Waals surface area (Å²) in [6.07, 6.45) is -0.241. The average Bonchev–Trinajstić information content (AvgIpc) is 2.59. The van der Waals surface area contributed by atoms with Crippen LogP contribution in [0.3, 0.4) is 0 Å². The Kier molecular flexibility index (Phi) is 6.19. The Balaban J connectivity index is 1.72. The monoisotopic (exact) mass is 388 g/mol. The van der Waals surface area contributed by atoms with Crippen molar-refractivity contribution in [3.8, 4) is 0 Å². The summed E-state index contributed by atoms with van der Waals surface area (Å²) in [6, 6.07) is 17.3. The van der Waals surface area contributed by atoms with Crippen molar-refractivity contribution in [2.24, 2.45) is 5.92 Å². The Labute approximate surface area is 162 Å². The van der Waals surface area contributed by atoms with Crippen LogP contribution in [0.4, 0.5) is 5.69 Å². The maximum Gasteiger partial charge on any atom is 0.218 e. The number of benzene rings is 2. The van der Waals surface area contributed by atoms with Gasteiger partial charge in [0.2, 0.25) is 10.0 Å². The van der Waals surface area contributed by atoms with Gasteiger partial charge in [-0.25, -0.2) is 8.42 Å². The lowest BCUT2D eigenvalue weighted by Gasteiger charge is -2.38. The molecule has 0 bridgehead atoms. The second-order valence-corrected chi connectivity index (χ2v) is 9.62. The molecule has 1 aliphatic heterocycles. The third-order valence-electron chi connectivity index (χ3n) is 4.68. The van der Waals surface area contributed by atoms with Crippen LogP contribution in [-0.2, 0) is 22.3 Å². The minimum atomic E-state index is -3.41. The fraction of sp³-hybridized carbons (Fsp3) is 0.429. The van der Waals surface area contributed by atoms with Crippen LogP contribution >= 0.6 is 0 Å².